The van der Waals surface area contributed by atoms with Gasteiger partial charge in [-0.25, -0.2) is 0 Å². The zero-order valence-corrected chi connectivity index (χ0v) is 12.5. The third-order valence-corrected chi connectivity index (χ3v) is 5.38. The molecule has 0 radical (unpaired) electrons. The van der Waals surface area contributed by atoms with E-state index in [4.69, 9.17) is 5.11 Å². The topological polar surface area (TPSA) is 49.3 Å². The van der Waals surface area contributed by atoms with Crippen LogP contribution in [0.5, 0.6) is 0 Å². The van der Waals surface area contributed by atoms with Gasteiger partial charge in [0, 0.05) is 12.6 Å². The first-order chi connectivity index (χ1) is 8.99. The molecule has 2 rings (SSSR count). The Morgan fingerprint density at radius 2 is 1.68 bits per heavy atom. The third kappa shape index (κ3) is 3.95. The molecule has 0 spiro atoms. The van der Waals surface area contributed by atoms with E-state index in [1.165, 1.54) is 25.7 Å². The molecule has 3 nitrogen and oxygen atoms in total. The van der Waals surface area contributed by atoms with Crippen LogP contribution in [0.4, 0.5) is 0 Å². The molecule has 2 N–H and O–H groups in total. The molecule has 0 aliphatic heterocycles. The van der Waals surface area contributed by atoms with Crippen LogP contribution >= 0.6 is 0 Å². The Morgan fingerprint density at radius 1 is 1.11 bits per heavy atom. The molecule has 0 atom stereocenters. The molecule has 0 aromatic carbocycles. The van der Waals surface area contributed by atoms with Crippen LogP contribution in [0.15, 0.2) is 0 Å². The predicted octanol–water partition coefficient (Wildman–Crippen LogP) is 3.44. The minimum atomic E-state index is -0.607. The molecule has 19 heavy (non-hydrogen) atoms. The molecule has 0 bridgehead atoms. The summed E-state index contributed by atoms with van der Waals surface area (Å²) in [5, 5.41) is 12.7. The van der Waals surface area contributed by atoms with E-state index in [1.54, 1.807) is 0 Å². The molecule has 0 aromatic rings. The van der Waals surface area contributed by atoms with Crippen molar-refractivity contribution in [3.8, 4) is 0 Å². The van der Waals surface area contributed by atoms with Crippen LogP contribution in [0.25, 0.3) is 0 Å². The minimum Gasteiger partial charge on any atom is -0.481 e. The first kappa shape index (κ1) is 14.8. The summed E-state index contributed by atoms with van der Waals surface area (Å²) >= 11 is 0. The monoisotopic (exact) mass is 267 g/mol. The van der Waals surface area contributed by atoms with Gasteiger partial charge in [0.1, 0.15) is 0 Å². The second-order valence-corrected chi connectivity index (χ2v) is 7.24. The van der Waals surface area contributed by atoms with E-state index in [2.05, 4.69) is 19.2 Å². The van der Waals surface area contributed by atoms with Gasteiger partial charge in [-0.3, -0.25) is 4.79 Å². The van der Waals surface area contributed by atoms with Crippen molar-refractivity contribution < 1.29 is 9.90 Å². The van der Waals surface area contributed by atoms with Crippen molar-refractivity contribution in [3.05, 3.63) is 0 Å². The molecule has 2 aliphatic rings. The summed E-state index contributed by atoms with van der Waals surface area (Å²) in [6.45, 7) is 5.86. The van der Waals surface area contributed by atoms with Crippen molar-refractivity contribution in [1.82, 2.24) is 5.32 Å². The largest absolute Gasteiger partial charge is 0.481 e. The fraction of sp³-hybridized carbons (Fsp3) is 0.938. The summed E-state index contributed by atoms with van der Waals surface area (Å²) in [5.41, 5.74) is 0.389. The summed E-state index contributed by atoms with van der Waals surface area (Å²) in [6.07, 6.45) is 9.32. The number of carbonyl (C=O) groups is 1. The number of carboxylic acids is 1. The number of carboxylic acid groups (broad SMARTS) is 1. The third-order valence-electron chi connectivity index (χ3n) is 5.38. The number of nitrogens with one attached hydrogen (secondary N) is 1. The summed E-state index contributed by atoms with van der Waals surface area (Å²) < 4.78 is 0. The maximum absolute atomic E-state index is 10.9. The van der Waals surface area contributed by atoms with Crippen molar-refractivity contribution >= 4 is 5.97 Å². The Morgan fingerprint density at radius 3 is 2.21 bits per heavy atom. The van der Waals surface area contributed by atoms with Gasteiger partial charge in [0.15, 0.2) is 0 Å². The van der Waals surface area contributed by atoms with Crippen molar-refractivity contribution in [2.24, 2.45) is 17.3 Å². The highest BCUT2D eigenvalue weighted by molar-refractivity contribution is 5.70. The fourth-order valence-electron chi connectivity index (χ4n) is 3.80. The van der Waals surface area contributed by atoms with Gasteiger partial charge in [-0.2, -0.15) is 0 Å². The van der Waals surface area contributed by atoms with E-state index in [-0.39, 0.29) is 5.92 Å². The zero-order chi connectivity index (χ0) is 13.9. The lowest BCUT2D eigenvalue weighted by atomic mass is 9.77. The number of hydrogen-bond donors (Lipinski definition) is 2. The van der Waals surface area contributed by atoms with Crippen LogP contribution in [0, 0.1) is 17.3 Å². The molecule has 0 unspecified atom stereocenters. The van der Waals surface area contributed by atoms with Crippen molar-refractivity contribution in [3.63, 3.8) is 0 Å². The van der Waals surface area contributed by atoms with Gasteiger partial charge in [-0.15, -0.1) is 0 Å². The first-order valence-corrected chi connectivity index (χ1v) is 7.95. The summed E-state index contributed by atoms with van der Waals surface area (Å²) in [6, 6.07) is 0.538. The molecule has 2 fully saturated rings. The van der Waals surface area contributed by atoms with Gasteiger partial charge in [0.25, 0.3) is 0 Å². The molecular formula is C16H29NO2. The van der Waals surface area contributed by atoms with E-state index in [0.717, 1.165) is 38.1 Å². The molecule has 0 aromatic heterocycles. The lowest BCUT2D eigenvalue weighted by Crippen LogP contribution is -2.42. The smallest absolute Gasteiger partial charge is 0.306 e. The van der Waals surface area contributed by atoms with Crippen LogP contribution in [0.1, 0.15) is 65.2 Å². The first-order valence-electron chi connectivity index (χ1n) is 7.95. The van der Waals surface area contributed by atoms with E-state index in [9.17, 15) is 4.79 Å². The van der Waals surface area contributed by atoms with Crippen LogP contribution in [-0.4, -0.2) is 23.7 Å². The van der Waals surface area contributed by atoms with E-state index < -0.39 is 5.97 Å². The lowest BCUT2D eigenvalue weighted by Gasteiger charge is -2.35. The van der Waals surface area contributed by atoms with Gasteiger partial charge in [0.2, 0.25) is 0 Å². The number of hydrogen-bond acceptors (Lipinski definition) is 2. The Hall–Kier alpha value is -0.570. The number of rotatable bonds is 5. The highest BCUT2D eigenvalue weighted by atomic mass is 16.4. The van der Waals surface area contributed by atoms with Crippen molar-refractivity contribution in [1.29, 1.82) is 0 Å². The Labute approximate surface area is 117 Å². The highest BCUT2D eigenvalue weighted by Crippen LogP contribution is 2.39. The Bertz CT molecular complexity index is 300. The second-order valence-electron chi connectivity index (χ2n) is 7.24. The van der Waals surface area contributed by atoms with Crippen LogP contribution in [0.2, 0.25) is 0 Å². The van der Waals surface area contributed by atoms with E-state index >= 15 is 0 Å². The fourth-order valence-corrected chi connectivity index (χ4v) is 3.80. The normalized spacial score (nSPS) is 29.6. The Kier molecular flexibility index (Phi) is 4.88. The second kappa shape index (κ2) is 6.25. The molecule has 0 saturated heterocycles. The van der Waals surface area contributed by atoms with Crippen molar-refractivity contribution in [2.45, 2.75) is 71.3 Å². The lowest BCUT2D eigenvalue weighted by molar-refractivity contribution is -0.142. The SMILES string of the molecule is CC(C)(CNC1CCC(C(=O)O)CC1)C1CCCC1. The van der Waals surface area contributed by atoms with E-state index in [1.807, 2.05) is 0 Å². The highest BCUT2D eigenvalue weighted by Gasteiger charge is 2.33. The summed E-state index contributed by atoms with van der Waals surface area (Å²) in [5.74, 6) is 0.168. The molecule has 0 heterocycles. The van der Waals surface area contributed by atoms with Crippen LogP contribution < -0.4 is 5.32 Å². The maximum atomic E-state index is 10.9. The predicted molar refractivity (Wildman–Crippen MR) is 77.1 cm³/mol. The molecule has 3 heteroatoms. The summed E-state index contributed by atoms with van der Waals surface area (Å²) in [4.78, 5) is 10.9. The van der Waals surface area contributed by atoms with Gasteiger partial charge in [-0.1, -0.05) is 26.7 Å². The van der Waals surface area contributed by atoms with Gasteiger partial charge in [0.05, 0.1) is 5.92 Å². The molecule has 2 saturated carbocycles. The molecule has 2 aliphatic carbocycles. The van der Waals surface area contributed by atoms with Crippen molar-refractivity contribution in [2.75, 3.05) is 6.54 Å². The molecular weight excluding hydrogens is 238 g/mol. The Balaban J connectivity index is 1.72. The average Bonchev–Trinajstić information content (AvgIpc) is 2.91. The minimum absolute atomic E-state index is 0.0964. The zero-order valence-electron chi connectivity index (χ0n) is 12.5. The standard InChI is InChI=1S/C16H29NO2/c1-16(2,13-5-3-4-6-13)11-17-14-9-7-12(8-10-14)15(18)19/h12-14,17H,3-11H2,1-2H3,(H,18,19). The molecule has 110 valence electrons. The van der Waals surface area contributed by atoms with Gasteiger partial charge >= 0.3 is 5.97 Å². The van der Waals surface area contributed by atoms with E-state index in [0.29, 0.717) is 11.5 Å². The van der Waals surface area contributed by atoms with Gasteiger partial charge in [-0.05, 0) is 49.9 Å². The van der Waals surface area contributed by atoms with Gasteiger partial charge < -0.3 is 10.4 Å². The average molecular weight is 267 g/mol. The maximum Gasteiger partial charge on any atom is 0.306 e. The van der Waals surface area contributed by atoms with Crippen LogP contribution in [-0.2, 0) is 4.79 Å². The molecule has 0 amide bonds. The quantitative estimate of drug-likeness (QED) is 0.802. The summed E-state index contributed by atoms with van der Waals surface area (Å²) in [7, 11) is 0. The number of aliphatic carboxylic acids is 1. The van der Waals surface area contributed by atoms with Crippen LogP contribution in [0.3, 0.4) is 0 Å².